The van der Waals surface area contributed by atoms with E-state index >= 15 is 0 Å². The van der Waals surface area contributed by atoms with Crippen LogP contribution in [0.3, 0.4) is 0 Å². The molecule has 8 heteroatoms. The van der Waals surface area contributed by atoms with E-state index in [0.717, 1.165) is 35.3 Å². The van der Waals surface area contributed by atoms with Crippen molar-refractivity contribution in [3.8, 4) is 11.5 Å². The number of hydrogen-bond acceptors (Lipinski definition) is 8. The highest BCUT2D eigenvalue weighted by Gasteiger charge is 2.35. The fourth-order valence-electron chi connectivity index (χ4n) is 5.45. The molecular weight excluding hydrogens is 456 g/mol. The molecule has 3 aliphatic rings. The van der Waals surface area contributed by atoms with Gasteiger partial charge in [-0.3, -0.25) is 19.8 Å². The molecule has 0 radical (unpaired) electrons. The fraction of sp³-hybridized carbons (Fsp3) is 0.500. The number of ether oxygens (including phenoxy) is 2. The van der Waals surface area contributed by atoms with Gasteiger partial charge >= 0.3 is 0 Å². The molecule has 0 amide bonds. The van der Waals surface area contributed by atoms with Crippen molar-refractivity contribution in [3.63, 3.8) is 0 Å². The first-order valence-electron chi connectivity index (χ1n) is 12.8. The highest BCUT2D eigenvalue weighted by molar-refractivity contribution is 5.85. The van der Waals surface area contributed by atoms with E-state index in [1.807, 2.05) is 52.0 Å². The first kappa shape index (κ1) is 24.9. The number of aliphatic imine (C=N–C) groups is 2. The summed E-state index contributed by atoms with van der Waals surface area (Å²) in [4.78, 5) is 13.7. The number of phenolic OH excluding ortho intramolecular Hbond substituents is 2. The van der Waals surface area contributed by atoms with Crippen LogP contribution in [0.15, 0.2) is 34.3 Å². The summed E-state index contributed by atoms with van der Waals surface area (Å²) < 4.78 is 12.4. The van der Waals surface area contributed by atoms with Crippen molar-refractivity contribution in [2.45, 2.75) is 52.4 Å². The Balaban J connectivity index is 1.53. The van der Waals surface area contributed by atoms with Crippen LogP contribution in [0.25, 0.3) is 0 Å². The van der Waals surface area contributed by atoms with Crippen molar-refractivity contribution >= 4 is 12.4 Å². The Hall–Kier alpha value is -2.78. The van der Waals surface area contributed by atoms with Gasteiger partial charge in [-0.25, -0.2) is 0 Å². The van der Waals surface area contributed by atoms with Crippen LogP contribution in [0.2, 0.25) is 0 Å². The van der Waals surface area contributed by atoms with Crippen molar-refractivity contribution in [1.29, 1.82) is 0 Å². The molecule has 36 heavy (non-hydrogen) atoms. The maximum absolute atomic E-state index is 11.1. The molecule has 8 nitrogen and oxygen atoms in total. The molecule has 2 saturated heterocycles. The van der Waals surface area contributed by atoms with Crippen molar-refractivity contribution < 1.29 is 19.7 Å². The minimum Gasteiger partial charge on any atom is -0.507 e. The van der Waals surface area contributed by atoms with Crippen molar-refractivity contribution in [1.82, 2.24) is 9.80 Å². The van der Waals surface area contributed by atoms with Gasteiger partial charge in [0, 0.05) is 60.9 Å². The van der Waals surface area contributed by atoms with Gasteiger partial charge in [-0.2, -0.15) is 0 Å². The lowest BCUT2D eigenvalue weighted by Gasteiger charge is -2.25. The lowest BCUT2D eigenvalue weighted by atomic mass is 10.0. The van der Waals surface area contributed by atoms with E-state index in [0.29, 0.717) is 37.3 Å². The molecule has 0 saturated carbocycles. The van der Waals surface area contributed by atoms with Gasteiger partial charge in [0.25, 0.3) is 0 Å². The molecule has 5 rings (SSSR count). The maximum atomic E-state index is 11.1. The summed E-state index contributed by atoms with van der Waals surface area (Å²) in [6.07, 6.45) is 2.90. The van der Waals surface area contributed by atoms with Gasteiger partial charge in [0.2, 0.25) is 0 Å². The summed E-state index contributed by atoms with van der Waals surface area (Å²) in [5.74, 6) is 0.425. The van der Waals surface area contributed by atoms with E-state index < -0.39 is 0 Å². The molecule has 0 spiro atoms. The third-order valence-electron chi connectivity index (χ3n) is 7.02. The molecule has 3 heterocycles. The summed E-state index contributed by atoms with van der Waals surface area (Å²) in [6, 6.07) is 7.88. The number of aromatic hydroxyl groups is 2. The number of fused-ring (bicyclic) bond motifs is 8. The molecular formula is C28H36N4O4. The molecule has 2 N–H and O–H groups in total. The first-order valence-corrected chi connectivity index (χ1v) is 12.8. The van der Waals surface area contributed by atoms with Crippen molar-refractivity contribution in [3.05, 3.63) is 57.6 Å². The van der Waals surface area contributed by atoms with Gasteiger partial charge in [0.05, 0.1) is 25.3 Å². The van der Waals surface area contributed by atoms with Crippen LogP contribution in [0.5, 0.6) is 11.5 Å². The molecule has 0 unspecified atom stereocenters. The Bertz CT molecular complexity index is 1090. The Morgan fingerprint density at radius 1 is 0.722 bits per heavy atom. The lowest BCUT2D eigenvalue weighted by Crippen LogP contribution is -2.28. The normalized spacial score (nSPS) is 27.4. The second-order valence-corrected chi connectivity index (χ2v) is 10.2. The molecule has 4 atom stereocenters. The van der Waals surface area contributed by atoms with Crippen molar-refractivity contribution in [2.75, 3.05) is 39.3 Å². The van der Waals surface area contributed by atoms with E-state index in [1.165, 1.54) is 0 Å². The molecule has 2 aromatic carbocycles. The predicted octanol–water partition coefficient (Wildman–Crippen LogP) is 3.70. The van der Waals surface area contributed by atoms with E-state index in [4.69, 9.17) is 9.47 Å². The highest BCUT2D eigenvalue weighted by atomic mass is 16.5. The van der Waals surface area contributed by atoms with Crippen LogP contribution in [-0.2, 0) is 9.47 Å². The van der Waals surface area contributed by atoms with Gasteiger partial charge in [0.1, 0.15) is 24.0 Å². The smallest absolute Gasteiger partial charge is 0.140 e. The minimum absolute atomic E-state index is 0.0457. The summed E-state index contributed by atoms with van der Waals surface area (Å²) in [5.41, 5.74) is 4.99. The van der Waals surface area contributed by atoms with E-state index in [2.05, 4.69) is 19.8 Å². The molecule has 192 valence electrons. The van der Waals surface area contributed by atoms with E-state index in [-0.39, 0.29) is 36.2 Å². The summed E-state index contributed by atoms with van der Waals surface area (Å²) in [5, 5.41) is 22.3. The number of phenols is 2. The second kappa shape index (κ2) is 10.3. The average molecular weight is 493 g/mol. The Morgan fingerprint density at radius 3 is 1.56 bits per heavy atom. The standard InChI is InChI=1S/C28H36N4O4/c1-17-9-21-13-29-5-8-32-16-20(4)36-28(32)24-12-18(2)10-22(26(24)34)14-30-6-7-31-15-19(3)35-27(31)23(11-17)25(21)33/h9-14,19-20,27-28,33-34H,5-8,15-16H2,1-4H3/t19-,20+,27-,28+. The van der Waals surface area contributed by atoms with Gasteiger partial charge in [0.15, 0.2) is 0 Å². The number of benzene rings is 2. The first-order chi connectivity index (χ1) is 17.3. The Labute approximate surface area is 212 Å². The topological polar surface area (TPSA) is 90.1 Å². The van der Waals surface area contributed by atoms with Crippen LogP contribution >= 0.6 is 0 Å². The van der Waals surface area contributed by atoms with Crippen LogP contribution < -0.4 is 0 Å². The quantitative estimate of drug-likeness (QED) is 0.583. The van der Waals surface area contributed by atoms with Gasteiger partial charge in [-0.05, 0) is 63.1 Å². The zero-order valence-corrected chi connectivity index (χ0v) is 21.5. The third kappa shape index (κ3) is 5.04. The summed E-state index contributed by atoms with van der Waals surface area (Å²) in [7, 11) is 0. The SMILES string of the molecule is Cc1cc2c(O)c(c1)[C@H]1O[C@H](C)CN1CCN=Cc1cc(C)cc(c1O)[C@@H]1O[C@@H](C)CN1CCN=C2. The van der Waals surface area contributed by atoms with Crippen LogP contribution in [0.4, 0.5) is 0 Å². The summed E-state index contributed by atoms with van der Waals surface area (Å²) >= 11 is 0. The Kier molecular flexibility index (Phi) is 7.12. The zero-order valence-electron chi connectivity index (χ0n) is 21.5. The number of aryl methyl sites for hydroxylation is 2. The number of rotatable bonds is 0. The lowest BCUT2D eigenvalue weighted by molar-refractivity contribution is 0.00376. The molecule has 0 aliphatic carbocycles. The molecule has 2 aromatic rings. The largest absolute Gasteiger partial charge is 0.507 e. The predicted molar refractivity (Wildman–Crippen MR) is 140 cm³/mol. The molecule has 0 aromatic heterocycles. The number of hydrogen-bond donors (Lipinski definition) is 2. The Morgan fingerprint density at radius 2 is 1.14 bits per heavy atom. The highest BCUT2D eigenvalue weighted by Crippen LogP contribution is 2.38. The van der Waals surface area contributed by atoms with Gasteiger partial charge < -0.3 is 19.7 Å². The van der Waals surface area contributed by atoms with Crippen molar-refractivity contribution in [2.24, 2.45) is 9.98 Å². The monoisotopic (exact) mass is 492 g/mol. The zero-order chi connectivity index (χ0) is 25.4. The maximum Gasteiger partial charge on any atom is 0.140 e. The molecule has 2 fully saturated rings. The number of nitrogens with zero attached hydrogens (tertiary/aromatic N) is 4. The molecule has 4 bridgehead atoms. The van der Waals surface area contributed by atoms with Crippen LogP contribution in [-0.4, -0.2) is 83.9 Å². The van der Waals surface area contributed by atoms with E-state index in [1.54, 1.807) is 12.4 Å². The van der Waals surface area contributed by atoms with Gasteiger partial charge in [-0.1, -0.05) is 0 Å². The third-order valence-corrected chi connectivity index (χ3v) is 7.02. The fourth-order valence-corrected chi connectivity index (χ4v) is 5.45. The second-order valence-electron chi connectivity index (χ2n) is 10.2. The molecule has 3 aliphatic heterocycles. The van der Waals surface area contributed by atoms with Crippen LogP contribution in [0, 0.1) is 13.8 Å². The average Bonchev–Trinajstić information content (AvgIpc) is 3.39. The summed E-state index contributed by atoms with van der Waals surface area (Å²) in [6.45, 7) is 12.1. The van der Waals surface area contributed by atoms with Crippen LogP contribution in [0.1, 0.15) is 59.7 Å². The van der Waals surface area contributed by atoms with E-state index in [9.17, 15) is 10.2 Å². The van der Waals surface area contributed by atoms with Gasteiger partial charge in [-0.15, -0.1) is 0 Å². The minimum atomic E-state index is -0.343.